The maximum Gasteiger partial charge on any atom is 0.248 e. The molecule has 0 bridgehead atoms. The molecule has 0 saturated heterocycles. The molecule has 15 heavy (non-hydrogen) atoms. The average molecular weight is 224 g/mol. The molecule has 3 nitrogen and oxygen atoms in total. The molecular weight excluding hydrogens is 208 g/mol. The van der Waals surface area contributed by atoms with E-state index in [9.17, 15) is 4.79 Å². The fraction of sp³-hybridized carbons (Fsp3) is 0.364. The Morgan fingerprint density at radius 1 is 1.53 bits per heavy atom. The van der Waals surface area contributed by atoms with Crippen LogP contribution in [0.1, 0.15) is 15.9 Å². The fourth-order valence-corrected chi connectivity index (χ4v) is 1.59. The summed E-state index contributed by atoms with van der Waals surface area (Å²) in [4.78, 5) is 10.9. The lowest BCUT2D eigenvalue weighted by molar-refractivity contribution is 0.1000. The van der Waals surface area contributed by atoms with Crippen LogP contribution in [0.4, 0.5) is 0 Å². The van der Waals surface area contributed by atoms with Gasteiger partial charge in [0.05, 0.1) is 0 Å². The molecule has 0 saturated carbocycles. The summed E-state index contributed by atoms with van der Waals surface area (Å²) in [5.41, 5.74) is 6.86. The van der Waals surface area contributed by atoms with E-state index in [1.165, 1.54) is 0 Å². The number of carbonyl (C=O) groups is 1. The van der Waals surface area contributed by atoms with E-state index in [-0.39, 0.29) is 5.91 Å². The van der Waals surface area contributed by atoms with Crippen LogP contribution in [0.15, 0.2) is 24.3 Å². The Morgan fingerprint density at radius 3 is 3.00 bits per heavy atom. The molecule has 0 unspecified atom stereocenters. The lowest BCUT2D eigenvalue weighted by Crippen LogP contribution is -2.17. The Hall–Kier alpha value is -1.00. The van der Waals surface area contributed by atoms with Gasteiger partial charge in [0.1, 0.15) is 0 Å². The molecule has 1 rings (SSSR count). The van der Waals surface area contributed by atoms with Crippen LogP contribution in [-0.2, 0) is 6.54 Å². The molecule has 1 aromatic carbocycles. The third-order valence-corrected chi connectivity index (χ3v) is 2.64. The number of nitrogens with two attached hydrogens (primary N) is 1. The second kappa shape index (κ2) is 6.48. The predicted octanol–water partition coefficient (Wildman–Crippen LogP) is 1.24. The van der Waals surface area contributed by atoms with E-state index in [1.807, 2.05) is 30.0 Å². The van der Waals surface area contributed by atoms with Gasteiger partial charge in [0, 0.05) is 24.4 Å². The normalized spacial score (nSPS) is 10.2. The number of rotatable bonds is 6. The molecule has 0 heterocycles. The van der Waals surface area contributed by atoms with Crippen LogP contribution in [0.3, 0.4) is 0 Å². The number of hydrogen-bond donors (Lipinski definition) is 2. The highest BCUT2D eigenvalue weighted by Gasteiger charge is 2.00. The topological polar surface area (TPSA) is 55.1 Å². The second-order valence-electron chi connectivity index (χ2n) is 3.23. The van der Waals surface area contributed by atoms with E-state index in [2.05, 4.69) is 11.6 Å². The molecule has 1 aromatic rings. The highest BCUT2D eigenvalue weighted by atomic mass is 32.2. The monoisotopic (exact) mass is 224 g/mol. The number of benzene rings is 1. The number of nitrogens with one attached hydrogen (secondary N) is 1. The van der Waals surface area contributed by atoms with E-state index in [0.29, 0.717) is 5.56 Å². The first-order valence-electron chi connectivity index (χ1n) is 4.82. The second-order valence-corrected chi connectivity index (χ2v) is 4.22. The van der Waals surface area contributed by atoms with Crippen molar-refractivity contribution in [2.24, 2.45) is 5.73 Å². The standard InChI is InChI=1S/C11H16N2OS/c1-15-6-5-13-8-9-3-2-4-10(7-9)11(12)14/h2-4,7,13H,5-6,8H2,1H3,(H2,12,14). The molecule has 0 aliphatic carbocycles. The van der Waals surface area contributed by atoms with Gasteiger partial charge in [-0.1, -0.05) is 12.1 Å². The molecule has 0 aliphatic heterocycles. The minimum atomic E-state index is -0.374. The van der Waals surface area contributed by atoms with Gasteiger partial charge in [-0.15, -0.1) is 0 Å². The van der Waals surface area contributed by atoms with E-state index in [1.54, 1.807) is 6.07 Å². The zero-order chi connectivity index (χ0) is 11.1. The Morgan fingerprint density at radius 2 is 2.33 bits per heavy atom. The van der Waals surface area contributed by atoms with Gasteiger partial charge in [0.2, 0.25) is 5.91 Å². The lowest BCUT2D eigenvalue weighted by Gasteiger charge is -2.04. The van der Waals surface area contributed by atoms with E-state index < -0.39 is 0 Å². The molecule has 0 spiro atoms. The molecule has 0 aromatic heterocycles. The first-order valence-corrected chi connectivity index (χ1v) is 6.22. The highest BCUT2D eigenvalue weighted by Crippen LogP contribution is 2.04. The van der Waals surface area contributed by atoms with Crippen LogP contribution < -0.4 is 11.1 Å². The van der Waals surface area contributed by atoms with Crippen molar-refractivity contribution in [3.8, 4) is 0 Å². The molecule has 0 fully saturated rings. The van der Waals surface area contributed by atoms with E-state index in [4.69, 9.17) is 5.73 Å². The van der Waals surface area contributed by atoms with Crippen molar-refractivity contribution in [1.29, 1.82) is 0 Å². The Bertz CT molecular complexity index is 328. The van der Waals surface area contributed by atoms with Gasteiger partial charge in [0.25, 0.3) is 0 Å². The molecule has 82 valence electrons. The molecule has 3 N–H and O–H groups in total. The summed E-state index contributed by atoms with van der Waals surface area (Å²) in [6.45, 7) is 1.75. The lowest BCUT2D eigenvalue weighted by atomic mass is 10.1. The summed E-state index contributed by atoms with van der Waals surface area (Å²) in [6.07, 6.45) is 2.08. The molecule has 0 aliphatic rings. The third-order valence-electron chi connectivity index (χ3n) is 2.02. The molecule has 1 amide bonds. The zero-order valence-corrected chi connectivity index (χ0v) is 9.64. The van der Waals surface area contributed by atoms with Crippen molar-refractivity contribution in [2.75, 3.05) is 18.6 Å². The van der Waals surface area contributed by atoms with Crippen LogP contribution in [0.25, 0.3) is 0 Å². The maximum atomic E-state index is 10.9. The maximum absolute atomic E-state index is 10.9. The Labute approximate surface area is 94.4 Å². The van der Waals surface area contributed by atoms with E-state index in [0.717, 1.165) is 24.4 Å². The summed E-state index contributed by atoms with van der Waals surface area (Å²) in [5.74, 6) is 0.719. The van der Waals surface area contributed by atoms with Crippen molar-refractivity contribution in [3.63, 3.8) is 0 Å². The smallest absolute Gasteiger partial charge is 0.248 e. The highest BCUT2D eigenvalue weighted by molar-refractivity contribution is 7.98. The SMILES string of the molecule is CSCCNCc1cccc(C(N)=O)c1. The van der Waals surface area contributed by atoms with Gasteiger partial charge in [-0.3, -0.25) is 4.79 Å². The fourth-order valence-electron chi connectivity index (χ4n) is 1.24. The molecule has 4 heteroatoms. The number of amides is 1. The molecule has 0 radical (unpaired) electrons. The number of thioether (sulfide) groups is 1. The molecular formula is C11H16N2OS. The Balaban J connectivity index is 2.47. The van der Waals surface area contributed by atoms with Gasteiger partial charge >= 0.3 is 0 Å². The van der Waals surface area contributed by atoms with Crippen molar-refractivity contribution >= 4 is 17.7 Å². The molecule has 0 atom stereocenters. The van der Waals surface area contributed by atoms with Gasteiger partial charge < -0.3 is 11.1 Å². The zero-order valence-electron chi connectivity index (χ0n) is 8.82. The average Bonchev–Trinajstić information content (AvgIpc) is 2.25. The van der Waals surface area contributed by atoms with Crippen LogP contribution >= 0.6 is 11.8 Å². The first kappa shape index (κ1) is 12.1. The van der Waals surface area contributed by atoms with Crippen LogP contribution in [0.5, 0.6) is 0 Å². The minimum absolute atomic E-state index is 0.374. The van der Waals surface area contributed by atoms with Crippen molar-refractivity contribution < 1.29 is 4.79 Å². The summed E-state index contributed by atoms with van der Waals surface area (Å²) in [6, 6.07) is 7.40. The summed E-state index contributed by atoms with van der Waals surface area (Å²) in [5, 5.41) is 3.30. The summed E-state index contributed by atoms with van der Waals surface area (Å²) in [7, 11) is 0. The van der Waals surface area contributed by atoms with Crippen LogP contribution in [0.2, 0.25) is 0 Å². The van der Waals surface area contributed by atoms with Crippen LogP contribution in [0, 0.1) is 0 Å². The number of carbonyl (C=O) groups excluding carboxylic acids is 1. The van der Waals surface area contributed by atoms with Gasteiger partial charge in [-0.25, -0.2) is 0 Å². The number of primary amides is 1. The Kier molecular flexibility index (Phi) is 5.21. The third kappa shape index (κ3) is 4.36. The summed E-state index contributed by atoms with van der Waals surface area (Å²) < 4.78 is 0. The van der Waals surface area contributed by atoms with Crippen molar-refractivity contribution in [2.45, 2.75) is 6.54 Å². The van der Waals surface area contributed by atoms with E-state index >= 15 is 0 Å². The van der Waals surface area contributed by atoms with Crippen LogP contribution in [-0.4, -0.2) is 24.5 Å². The predicted molar refractivity (Wildman–Crippen MR) is 65.0 cm³/mol. The van der Waals surface area contributed by atoms with Crippen molar-refractivity contribution in [3.05, 3.63) is 35.4 Å². The largest absolute Gasteiger partial charge is 0.366 e. The first-order chi connectivity index (χ1) is 7.24. The quantitative estimate of drug-likeness (QED) is 0.715. The minimum Gasteiger partial charge on any atom is -0.366 e. The van der Waals surface area contributed by atoms with Gasteiger partial charge in [-0.05, 0) is 24.0 Å². The van der Waals surface area contributed by atoms with Gasteiger partial charge in [0.15, 0.2) is 0 Å². The summed E-state index contributed by atoms with van der Waals surface area (Å²) >= 11 is 1.81. The van der Waals surface area contributed by atoms with Gasteiger partial charge in [-0.2, -0.15) is 11.8 Å². The number of hydrogen-bond acceptors (Lipinski definition) is 3. The van der Waals surface area contributed by atoms with Crippen molar-refractivity contribution in [1.82, 2.24) is 5.32 Å².